The molecular weight excluding hydrogens is 409 g/mol. The predicted molar refractivity (Wildman–Crippen MR) is 120 cm³/mol. The summed E-state index contributed by atoms with van der Waals surface area (Å²) in [7, 11) is 1.62. The van der Waals surface area contributed by atoms with Gasteiger partial charge in [-0.1, -0.05) is 42.5 Å². The van der Waals surface area contributed by atoms with Crippen LogP contribution in [-0.2, 0) is 4.74 Å². The van der Waals surface area contributed by atoms with E-state index < -0.39 is 35.1 Å². The molecule has 5 nitrogen and oxygen atoms in total. The molecule has 2 aromatic rings. The number of fused-ring (bicyclic) bond motifs is 2. The van der Waals surface area contributed by atoms with E-state index in [2.05, 4.69) is 12.1 Å². The first-order chi connectivity index (χ1) is 15.3. The fourth-order valence-corrected chi connectivity index (χ4v) is 5.72. The van der Waals surface area contributed by atoms with Crippen LogP contribution in [0.15, 0.2) is 54.6 Å². The van der Waals surface area contributed by atoms with Gasteiger partial charge in [0.25, 0.3) is 5.91 Å². The van der Waals surface area contributed by atoms with E-state index in [1.807, 2.05) is 25.1 Å². The molecule has 2 aromatic carbocycles. The second kappa shape index (κ2) is 8.93. The maximum Gasteiger partial charge on any atom is 0.256 e. The molecule has 0 saturated carbocycles. The molecule has 0 unspecified atom stereocenters. The zero-order valence-electron chi connectivity index (χ0n) is 18.7. The summed E-state index contributed by atoms with van der Waals surface area (Å²) in [6, 6.07) is 15.6. The molecule has 2 bridgehead atoms. The average molecular weight is 442 g/mol. The zero-order valence-corrected chi connectivity index (χ0v) is 18.7. The highest BCUT2D eigenvalue weighted by atomic mass is 19.1. The number of amides is 1. The van der Waals surface area contributed by atoms with Gasteiger partial charge in [0.05, 0.1) is 22.8 Å². The number of halogens is 1. The van der Waals surface area contributed by atoms with Crippen molar-refractivity contribution in [2.75, 3.05) is 13.7 Å². The normalized spacial score (nSPS) is 32.2. The number of ether oxygens (including phenoxy) is 1. The lowest BCUT2D eigenvalue weighted by Gasteiger charge is -2.50. The van der Waals surface area contributed by atoms with Crippen molar-refractivity contribution in [3.8, 4) is 0 Å². The van der Waals surface area contributed by atoms with E-state index in [1.54, 1.807) is 19.2 Å². The van der Waals surface area contributed by atoms with Gasteiger partial charge in [-0.15, -0.1) is 0 Å². The summed E-state index contributed by atoms with van der Waals surface area (Å²) in [6.07, 6.45) is 1.98. The van der Waals surface area contributed by atoms with Crippen molar-refractivity contribution < 1.29 is 24.1 Å². The Kier molecular flexibility index (Phi) is 6.39. The van der Waals surface area contributed by atoms with Crippen molar-refractivity contribution in [3.05, 3.63) is 71.5 Å². The van der Waals surface area contributed by atoms with Crippen molar-refractivity contribution in [2.45, 2.75) is 68.3 Å². The molecule has 6 heteroatoms. The van der Waals surface area contributed by atoms with Crippen molar-refractivity contribution in [2.24, 2.45) is 0 Å². The summed E-state index contributed by atoms with van der Waals surface area (Å²) in [4.78, 5) is 14.6. The van der Waals surface area contributed by atoms with E-state index in [-0.39, 0.29) is 18.1 Å². The van der Waals surface area contributed by atoms with Crippen LogP contribution in [0, 0.1) is 5.82 Å². The fraction of sp³-hybridized carbons (Fsp3) is 0.500. The Morgan fingerprint density at radius 1 is 1.16 bits per heavy atom. The lowest BCUT2D eigenvalue weighted by molar-refractivity contribution is -0.225. The minimum absolute atomic E-state index is 0.00674. The number of rotatable bonds is 5. The summed E-state index contributed by atoms with van der Waals surface area (Å²) in [6.45, 7) is 1.89. The Morgan fingerprint density at radius 3 is 2.53 bits per heavy atom. The quantitative estimate of drug-likeness (QED) is 0.739. The number of likely N-dealkylation sites (N-methyl/N-ethyl adjacent to an activating group) is 1. The number of nitrogens with zero attached hydrogens (tertiary/aromatic N) is 1. The maximum atomic E-state index is 14.3. The monoisotopic (exact) mass is 441 g/mol. The van der Waals surface area contributed by atoms with Gasteiger partial charge in [0.2, 0.25) is 0 Å². The summed E-state index contributed by atoms with van der Waals surface area (Å²) >= 11 is 0. The first kappa shape index (κ1) is 22.9. The highest BCUT2D eigenvalue weighted by Crippen LogP contribution is 2.51. The molecule has 172 valence electrons. The van der Waals surface area contributed by atoms with Crippen molar-refractivity contribution >= 4 is 5.91 Å². The van der Waals surface area contributed by atoms with Gasteiger partial charge in [-0.05, 0) is 62.6 Å². The van der Waals surface area contributed by atoms with Crippen LogP contribution >= 0.6 is 0 Å². The largest absolute Gasteiger partial charge is 0.396 e. The molecule has 1 amide bonds. The van der Waals surface area contributed by atoms with Crippen LogP contribution in [0.1, 0.15) is 60.9 Å². The number of benzene rings is 2. The molecule has 0 spiro atoms. The topological polar surface area (TPSA) is 70.0 Å². The van der Waals surface area contributed by atoms with Crippen molar-refractivity contribution in [3.63, 3.8) is 0 Å². The smallest absolute Gasteiger partial charge is 0.256 e. The number of hydrogen-bond acceptors (Lipinski definition) is 4. The molecule has 2 N–H and O–H groups in total. The zero-order chi connectivity index (χ0) is 22.9. The summed E-state index contributed by atoms with van der Waals surface area (Å²) in [5.74, 6) is -0.861. The van der Waals surface area contributed by atoms with Gasteiger partial charge in [0.1, 0.15) is 11.9 Å². The Labute approximate surface area is 188 Å². The van der Waals surface area contributed by atoms with E-state index in [9.17, 15) is 19.4 Å². The molecule has 4 rings (SSSR count). The van der Waals surface area contributed by atoms with Crippen LogP contribution in [0.25, 0.3) is 0 Å². The third-order valence-corrected chi connectivity index (χ3v) is 7.37. The van der Waals surface area contributed by atoms with Crippen LogP contribution in [0.2, 0.25) is 0 Å². The minimum Gasteiger partial charge on any atom is -0.396 e. The summed E-state index contributed by atoms with van der Waals surface area (Å²) < 4.78 is 20.9. The number of hydrogen-bond donors (Lipinski definition) is 2. The molecule has 2 aliphatic rings. The Bertz CT molecular complexity index is 954. The summed E-state index contributed by atoms with van der Waals surface area (Å²) in [5, 5.41) is 21.3. The lowest BCUT2D eigenvalue weighted by atomic mass is 9.73. The van der Waals surface area contributed by atoms with Gasteiger partial charge in [0, 0.05) is 13.7 Å². The molecule has 2 heterocycles. The van der Waals surface area contributed by atoms with Gasteiger partial charge in [-0.2, -0.15) is 0 Å². The van der Waals surface area contributed by atoms with Gasteiger partial charge >= 0.3 is 0 Å². The Balaban J connectivity index is 1.67. The number of aliphatic hydroxyl groups is 2. The number of carbonyl (C=O) groups excluding carboxylic acids is 1. The third kappa shape index (κ3) is 4.19. The van der Waals surface area contributed by atoms with Gasteiger partial charge in [-0.3, -0.25) is 4.79 Å². The van der Waals surface area contributed by atoms with Gasteiger partial charge in [0.15, 0.2) is 0 Å². The minimum atomic E-state index is -0.949. The highest BCUT2D eigenvalue weighted by Gasteiger charge is 2.55. The maximum absolute atomic E-state index is 14.3. The first-order valence-electron chi connectivity index (χ1n) is 11.3. The van der Waals surface area contributed by atoms with Gasteiger partial charge < -0.3 is 19.8 Å². The van der Waals surface area contributed by atoms with E-state index in [0.29, 0.717) is 25.7 Å². The van der Waals surface area contributed by atoms with E-state index in [0.717, 1.165) is 6.42 Å². The Hall–Kier alpha value is -2.28. The SMILES string of the molecule is CN(C(=O)c1ccccc1F)[C@H]1CC[C@@]2(CCO)C[C@H](c3ccccc3)C[C@](C)(O2)[C@@H]1O. The highest BCUT2D eigenvalue weighted by molar-refractivity contribution is 5.94. The molecule has 2 aliphatic heterocycles. The Morgan fingerprint density at radius 2 is 1.84 bits per heavy atom. The number of carbonyl (C=O) groups is 1. The molecule has 2 saturated heterocycles. The summed E-state index contributed by atoms with van der Waals surface area (Å²) in [5.41, 5.74) is -0.308. The number of aliphatic hydroxyl groups excluding tert-OH is 2. The second-order valence-corrected chi connectivity index (χ2v) is 9.53. The predicted octanol–water partition coefficient (Wildman–Crippen LogP) is 3.90. The van der Waals surface area contributed by atoms with Crippen LogP contribution in [0.5, 0.6) is 0 Å². The van der Waals surface area contributed by atoms with Crippen molar-refractivity contribution in [1.82, 2.24) is 4.90 Å². The van der Waals surface area contributed by atoms with E-state index in [1.165, 1.54) is 22.6 Å². The van der Waals surface area contributed by atoms with Crippen LogP contribution < -0.4 is 0 Å². The van der Waals surface area contributed by atoms with Crippen molar-refractivity contribution in [1.29, 1.82) is 0 Å². The molecular formula is C26H32FNO4. The van der Waals surface area contributed by atoms with Crippen LogP contribution in [0.3, 0.4) is 0 Å². The van der Waals surface area contributed by atoms with Crippen LogP contribution in [0.4, 0.5) is 4.39 Å². The molecule has 0 aliphatic carbocycles. The molecule has 0 aromatic heterocycles. The van der Waals surface area contributed by atoms with E-state index >= 15 is 0 Å². The second-order valence-electron chi connectivity index (χ2n) is 9.53. The van der Waals surface area contributed by atoms with Crippen LogP contribution in [-0.4, -0.2) is 58.0 Å². The molecule has 2 fully saturated rings. The molecule has 32 heavy (non-hydrogen) atoms. The van der Waals surface area contributed by atoms with Gasteiger partial charge in [-0.25, -0.2) is 4.39 Å². The fourth-order valence-electron chi connectivity index (χ4n) is 5.72. The molecule has 5 atom stereocenters. The van der Waals surface area contributed by atoms with E-state index in [4.69, 9.17) is 4.74 Å². The lowest BCUT2D eigenvalue weighted by Crippen LogP contribution is -2.58. The molecule has 0 radical (unpaired) electrons. The average Bonchev–Trinajstić information content (AvgIpc) is 2.86. The third-order valence-electron chi connectivity index (χ3n) is 7.37. The standard InChI is InChI=1S/C26H32FNO4/c1-25-16-19(18-8-4-3-5-9-18)17-26(32-25,14-15-29)13-12-22(23(25)30)28(2)24(31)20-10-6-7-11-21(20)27/h3-11,19,22-23,29-30H,12-17H2,1-2H3/t19-,22+,23-,25+,26-/m1/s1. The first-order valence-corrected chi connectivity index (χ1v) is 11.3.